The van der Waals surface area contributed by atoms with Crippen LogP contribution in [0, 0.1) is 31.1 Å². The molecule has 2 amide bonds. The van der Waals surface area contributed by atoms with Crippen LogP contribution < -0.4 is 5.32 Å². The summed E-state index contributed by atoms with van der Waals surface area (Å²) >= 11 is 6.23. The van der Waals surface area contributed by atoms with Crippen molar-refractivity contribution in [1.82, 2.24) is 15.2 Å². The van der Waals surface area contributed by atoms with Gasteiger partial charge < -0.3 is 32.9 Å². The molecule has 36 heavy (non-hydrogen) atoms. The number of para-hydroxylation sites is 1. The number of rotatable bonds is 5. The molecule has 15 heteroatoms. The second-order valence-corrected chi connectivity index (χ2v) is 24.4. The molecule has 7 nitrogen and oxygen atoms in total. The summed E-state index contributed by atoms with van der Waals surface area (Å²) in [4.78, 5) is 31.5. The fourth-order valence-electron chi connectivity index (χ4n) is 3.82. The third-order valence-electron chi connectivity index (χ3n) is 5.31. The van der Waals surface area contributed by atoms with Gasteiger partial charge >= 0.3 is 52.7 Å². The van der Waals surface area contributed by atoms with Crippen LogP contribution in [-0.4, -0.2) is 63.6 Å². The molecule has 197 valence electrons. The molecule has 2 atom stereocenters. The predicted octanol–water partition coefficient (Wildman–Crippen LogP) is 2.05. The monoisotopic (exact) mass is 1140 g/mol. The summed E-state index contributed by atoms with van der Waals surface area (Å²) in [5.41, 5.74) is 1.62. The molecule has 2 unspecified atom stereocenters. The number of benzene rings is 1. The van der Waals surface area contributed by atoms with Crippen LogP contribution in [0.1, 0.15) is 55.5 Å². The van der Waals surface area contributed by atoms with E-state index in [1.807, 2.05) is 18.2 Å². The van der Waals surface area contributed by atoms with Gasteiger partial charge in [-0.2, -0.15) is 6.26 Å². The van der Waals surface area contributed by atoms with Gasteiger partial charge in [0.1, 0.15) is 6.04 Å². The van der Waals surface area contributed by atoms with Gasteiger partial charge in [-0.1, -0.05) is 32.0 Å². The molecule has 1 aliphatic heterocycles. The molecule has 0 bridgehead atoms. The van der Waals surface area contributed by atoms with Gasteiger partial charge in [-0.05, 0) is 37.3 Å². The normalized spacial score (nSPS) is 14.9. The van der Waals surface area contributed by atoms with E-state index in [0.29, 0.717) is 24.9 Å². The quantitative estimate of drug-likeness (QED) is 0.314. The van der Waals surface area contributed by atoms with Crippen LogP contribution in [0.15, 0.2) is 30.5 Å². The van der Waals surface area contributed by atoms with Crippen molar-refractivity contribution in [3.05, 3.63) is 41.6 Å². The van der Waals surface area contributed by atoms with E-state index in [4.69, 9.17) is 0 Å². The molecule has 1 fully saturated rings. The molecule has 3 N–H and O–H groups in total. The third kappa shape index (κ3) is 11.7. The number of pyridine rings is 1. The van der Waals surface area contributed by atoms with Crippen molar-refractivity contribution in [3.8, 4) is 0 Å². The SMILES string of the molecule is CC(NC(=O)c1ccnc2c(C(C)C)cccc12)C(=O)N1CCCC1B(O)O.C[S-].F[S-](=[W])=[W].[U].[V]. The molecule has 1 aromatic heterocycles. The van der Waals surface area contributed by atoms with Crippen molar-refractivity contribution in [2.45, 2.75) is 51.5 Å². The number of likely N-dealkylation sites (tertiary alicyclic amines) is 1. The molecular formula is C21H29BFN3O4S2UVW2-2. The van der Waals surface area contributed by atoms with Gasteiger partial charge in [-0.3, -0.25) is 14.6 Å². The number of carbonyl (C=O) groups excluding carboxylic acids is 2. The van der Waals surface area contributed by atoms with Gasteiger partial charge in [-0.25, -0.2) is 0 Å². The number of carbonyl (C=O) groups is 2. The smallest absolute Gasteiger partial charge is 0 e. The Kier molecular flexibility index (Phi) is 22.0. The number of halogens is 1. The van der Waals surface area contributed by atoms with Gasteiger partial charge in [0.25, 0.3) is 5.91 Å². The van der Waals surface area contributed by atoms with Gasteiger partial charge in [-0.15, -0.1) is 0 Å². The Morgan fingerprint density at radius 2 is 1.83 bits per heavy atom. The summed E-state index contributed by atoms with van der Waals surface area (Å²) in [7, 11) is -1.58. The van der Waals surface area contributed by atoms with E-state index in [2.05, 4.69) is 36.8 Å². The Hall–Kier alpha value is 1.20. The average Bonchev–Trinajstić information content (AvgIpc) is 3.28. The standard InChI is InChI=1S/C20H26BN3O4.CH4S.FS.U.V.2W/c1-12(2)14-6-4-7-15-16(9-10-22-18(14)15)19(25)23-13(3)20(26)24-11-5-8-17(24)21(27)28;2*1-2;;;;/h4,6-7,9-10,12-13,17,27-28H,5,8,11H2,1-3H3,(H,23,25);2H,1H3;;;;;/q;;-1;;;;/p-1. The molecule has 2 heterocycles. The molecule has 0 saturated carbocycles. The first-order valence-corrected chi connectivity index (χ1v) is 19.5. The number of nitrogens with one attached hydrogen (secondary N) is 1. The maximum Gasteiger partial charge on any atom is 0 e. The first-order valence-electron chi connectivity index (χ1n) is 10.6. The van der Waals surface area contributed by atoms with Crippen LogP contribution in [0.3, 0.4) is 0 Å². The van der Waals surface area contributed by atoms with Crippen molar-refractivity contribution in [2.24, 2.45) is 0 Å². The van der Waals surface area contributed by atoms with Gasteiger partial charge in [0.15, 0.2) is 0 Å². The van der Waals surface area contributed by atoms with E-state index in [-0.39, 0.29) is 67.4 Å². The summed E-state index contributed by atoms with van der Waals surface area (Å²) in [5.74, 6) is -1.02. The van der Waals surface area contributed by atoms with Crippen molar-refractivity contribution < 1.29 is 109 Å². The fraction of sp³-hybridized carbons (Fsp3) is 0.476. The Morgan fingerprint density at radius 3 is 2.36 bits per heavy atom. The molecule has 0 spiro atoms. The molecular weight excluding hydrogens is 1110 g/mol. The number of nitrogens with zero attached hydrogens (tertiary/aromatic N) is 2. The van der Waals surface area contributed by atoms with Crippen molar-refractivity contribution >= 4 is 48.1 Å². The first kappa shape index (κ1) is 39.3. The summed E-state index contributed by atoms with van der Waals surface area (Å²) in [6, 6.07) is 6.64. The van der Waals surface area contributed by atoms with E-state index in [1.54, 1.807) is 25.4 Å². The summed E-state index contributed by atoms with van der Waals surface area (Å²) < 4.78 is 11.1. The second kappa shape index (κ2) is 20.1. The zero-order valence-electron chi connectivity index (χ0n) is 20.4. The van der Waals surface area contributed by atoms with Gasteiger partial charge in [0.05, 0.1) is 17.0 Å². The molecule has 3 rings (SSSR count). The van der Waals surface area contributed by atoms with Crippen LogP contribution in [0.4, 0.5) is 3.89 Å². The number of fused-ring (bicyclic) bond motifs is 1. The molecule has 1 aromatic carbocycles. The van der Waals surface area contributed by atoms with Crippen LogP contribution in [0.2, 0.25) is 0 Å². The number of hydrogen-bond donors (Lipinski definition) is 3. The molecule has 1 saturated heterocycles. The Balaban J connectivity index is 0. The molecule has 0 aliphatic carbocycles. The number of aromatic nitrogens is 1. The van der Waals surface area contributed by atoms with E-state index >= 15 is 0 Å². The number of hydrogen-bond acceptors (Lipinski definition) is 7. The third-order valence-corrected chi connectivity index (χ3v) is 5.31. The molecule has 2 aromatic rings. The van der Waals surface area contributed by atoms with E-state index in [0.717, 1.165) is 52.5 Å². The minimum atomic E-state index is -1.58. The van der Waals surface area contributed by atoms with Crippen LogP contribution in [0.25, 0.3) is 10.9 Å². The predicted molar refractivity (Wildman–Crippen MR) is 129 cm³/mol. The van der Waals surface area contributed by atoms with E-state index in [1.165, 1.54) is 4.90 Å². The maximum absolute atomic E-state index is 12.9. The Bertz CT molecular complexity index is 1060. The summed E-state index contributed by atoms with van der Waals surface area (Å²) in [5, 5.41) is 22.4. The summed E-state index contributed by atoms with van der Waals surface area (Å²) in [6.45, 7) is 6.22. The Labute approximate surface area is 275 Å². The zero-order valence-corrected chi connectivity index (χ0v) is 33.4. The van der Waals surface area contributed by atoms with E-state index < -0.39 is 24.8 Å². The van der Waals surface area contributed by atoms with Gasteiger partial charge in [0, 0.05) is 67.8 Å². The van der Waals surface area contributed by atoms with Crippen molar-refractivity contribution in [1.29, 1.82) is 0 Å². The van der Waals surface area contributed by atoms with Gasteiger partial charge in [0.2, 0.25) is 5.91 Å². The maximum atomic E-state index is 12.9. The first-order chi connectivity index (χ1) is 16.0. The second-order valence-electron chi connectivity index (χ2n) is 7.80. The molecule has 1 aliphatic rings. The minimum Gasteiger partial charge on any atom is 0 e. The largest absolute Gasteiger partial charge is 0 e. The van der Waals surface area contributed by atoms with E-state index in [9.17, 15) is 23.5 Å². The average molecular weight is 1140 g/mol. The van der Waals surface area contributed by atoms with Crippen LogP contribution in [0.5, 0.6) is 0 Å². The van der Waals surface area contributed by atoms with Crippen LogP contribution in [-0.2, 0) is 77.6 Å². The molecule has 1 radical (unpaired) electrons. The van der Waals surface area contributed by atoms with Crippen molar-refractivity contribution in [2.75, 3.05) is 12.8 Å². The van der Waals surface area contributed by atoms with Crippen LogP contribution >= 0.6 is 0 Å². The Morgan fingerprint density at radius 1 is 1.25 bits per heavy atom. The van der Waals surface area contributed by atoms with Crippen molar-refractivity contribution in [3.63, 3.8) is 0 Å². The number of amides is 2. The fourth-order valence-corrected chi connectivity index (χ4v) is 3.82. The summed E-state index contributed by atoms with van der Waals surface area (Å²) in [6.07, 6.45) is 4.44. The topological polar surface area (TPSA) is 103 Å². The zero-order chi connectivity index (χ0) is 26.0. The minimum absolute atomic E-state index is 0.